The normalized spacial score (nSPS) is 15.7. The van der Waals surface area contributed by atoms with Gasteiger partial charge in [-0.3, -0.25) is 14.4 Å². The number of hydrogen-bond acceptors (Lipinski definition) is 3. The minimum atomic E-state index is -0.954. The molecule has 1 aliphatic rings. The second kappa shape index (κ2) is 10.7. The van der Waals surface area contributed by atoms with Crippen molar-refractivity contribution in [3.63, 3.8) is 0 Å². The Bertz CT molecular complexity index is 1400. The van der Waals surface area contributed by atoms with Crippen LogP contribution in [-0.4, -0.2) is 44.9 Å². The second-order valence-electron chi connectivity index (χ2n) is 9.51. The van der Waals surface area contributed by atoms with E-state index >= 15 is 0 Å². The van der Waals surface area contributed by atoms with Gasteiger partial charge >= 0.3 is 5.97 Å². The van der Waals surface area contributed by atoms with Crippen molar-refractivity contribution in [1.82, 2.24) is 15.2 Å². The Morgan fingerprint density at radius 3 is 2.41 bits per heavy atom. The molecule has 2 atom stereocenters. The maximum Gasteiger partial charge on any atom is 0.305 e. The standard InChI is InChI=1S/C30H29N3O4/c34-28(35)18-24-16-21-10-4-5-12-23(21)19-33(24)30(37)26(15-14-20-8-2-1-3-9-20)32-29(36)27-17-22-11-6-7-13-25(22)31-27/h1-13,17,24,26,31H,14-16,18-19H2,(H,32,36)(H,34,35)/t24-,26+/m1/s1. The van der Waals surface area contributed by atoms with E-state index in [1.54, 1.807) is 11.0 Å². The van der Waals surface area contributed by atoms with Crippen LogP contribution in [0.2, 0.25) is 0 Å². The lowest BCUT2D eigenvalue weighted by atomic mass is 9.91. The average molecular weight is 496 g/mol. The van der Waals surface area contributed by atoms with Gasteiger partial charge in [-0.2, -0.15) is 0 Å². The van der Waals surface area contributed by atoms with Crippen LogP contribution in [0.3, 0.4) is 0 Å². The number of aliphatic carboxylic acids is 1. The predicted molar refractivity (Wildman–Crippen MR) is 141 cm³/mol. The van der Waals surface area contributed by atoms with Crippen LogP contribution < -0.4 is 5.32 Å². The number of carboxylic acids is 1. The quantitative estimate of drug-likeness (QED) is 0.339. The molecule has 0 fully saturated rings. The van der Waals surface area contributed by atoms with Crippen LogP contribution in [0.15, 0.2) is 84.9 Å². The molecule has 0 saturated heterocycles. The average Bonchev–Trinajstić information content (AvgIpc) is 3.35. The van der Waals surface area contributed by atoms with E-state index in [9.17, 15) is 19.5 Å². The number of fused-ring (bicyclic) bond motifs is 2. The van der Waals surface area contributed by atoms with Crippen molar-refractivity contribution in [3.05, 3.63) is 107 Å². The fourth-order valence-corrected chi connectivity index (χ4v) is 5.07. The largest absolute Gasteiger partial charge is 0.481 e. The first-order chi connectivity index (χ1) is 18.0. The number of para-hydroxylation sites is 1. The zero-order valence-electron chi connectivity index (χ0n) is 20.4. The maximum absolute atomic E-state index is 14.0. The van der Waals surface area contributed by atoms with Crippen molar-refractivity contribution < 1.29 is 19.5 Å². The number of benzene rings is 3. The topological polar surface area (TPSA) is 102 Å². The summed E-state index contributed by atoms with van der Waals surface area (Å²) in [7, 11) is 0. The smallest absolute Gasteiger partial charge is 0.305 e. The van der Waals surface area contributed by atoms with Crippen LogP contribution >= 0.6 is 0 Å². The van der Waals surface area contributed by atoms with Gasteiger partial charge in [0.15, 0.2) is 0 Å². The SMILES string of the molecule is O=C(O)C[C@H]1Cc2ccccc2CN1C(=O)[C@H](CCc1ccccc1)NC(=O)c1cc2ccccc2[nH]1. The fraction of sp³-hybridized carbons (Fsp3) is 0.233. The van der Waals surface area contributed by atoms with Gasteiger partial charge in [0.1, 0.15) is 11.7 Å². The van der Waals surface area contributed by atoms with Crippen LogP contribution in [0, 0.1) is 0 Å². The first kappa shape index (κ1) is 24.3. The van der Waals surface area contributed by atoms with Crippen molar-refractivity contribution in [2.24, 2.45) is 0 Å². The van der Waals surface area contributed by atoms with Gasteiger partial charge in [0.25, 0.3) is 5.91 Å². The molecule has 2 amide bonds. The molecule has 4 aromatic rings. The van der Waals surface area contributed by atoms with Crippen LogP contribution in [0.1, 0.15) is 40.0 Å². The number of rotatable bonds is 8. The number of nitrogens with zero attached hydrogens (tertiary/aromatic N) is 1. The highest BCUT2D eigenvalue weighted by Crippen LogP contribution is 2.26. The summed E-state index contributed by atoms with van der Waals surface area (Å²) in [5.74, 6) is -1.58. The Hall–Kier alpha value is -4.39. The molecule has 7 heteroatoms. The Kier molecular flexibility index (Phi) is 7.03. The summed E-state index contributed by atoms with van der Waals surface area (Å²) in [6.45, 7) is 0.317. The van der Waals surface area contributed by atoms with E-state index < -0.39 is 18.1 Å². The van der Waals surface area contributed by atoms with Gasteiger partial charge in [0, 0.05) is 23.5 Å². The van der Waals surface area contributed by atoms with Crippen molar-refractivity contribution in [3.8, 4) is 0 Å². The third-order valence-electron chi connectivity index (χ3n) is 6.99. The lowest BCUT2D eigenvalue weighted by Gasteiger charge is -2.38. The van der Waals surface area contributed by atoms with E-state index in [1.165, 1.54) is 0 Å². The Balaban J connectivity index is 1.42. The first-order valence-electron chi connectivity index (χ1n) is 12.5. The van der Waals surface area contributed by atoms with Crippen molar-refractivity contribution >= 4 is 28.7 Å². The summed E-state index contributed by atoms with van der Waals surface area (Å²) in [6.07, 6.45) is 1.31. The van der Waals surface area contributed by atoms with Gasteiger partial charge in [-0.25, -0.2) is 0 Å². The number of carboxylic acid groups (broad SMARTS) is 1. The Labute approximate surface area is 215 Å². The number of aromatic nitrogens is 1. The van der Waals surface area contributed by atoms with E-state index in [4.69, 9.17) is 0 Å². The Morgan fingerprint density at radius 1 is 0.946 bits per heavy atom. The van der Waals surface area contributed by atoms with Crippen LogP contribution in [0.4, 0.5) is 0 Å². The number of hydrogen-bond donors (Lipinski definition) is 3. The van der Waals surface area contributed by atoms with Gasteiger partial charge in [-0.05, 0) is 48.1 Å². The molecule has 0 spiro atoms. The number of H-pyrrole nitrogens is 1. The second-order valence-corrected chi connectivity index (χ2v) is 9.51. The van der Waals surface area contributed by atoms with Gasteiger partial charge in [-0.15, -0.1) is 0 Å². The summed E-state index contributed by atoms with van der Waals surface area (Å²) < 4.78 is 0. The molecule has 1 aliphatic heterocycles. The molecule has 0 aliphatic carbocycles. The molecule has 3 aromatic carbocycles. The molecule has 7 nitrogen and oxygen atoms in total. The molecule has 0 unspecified atom stereocenters. The number of carbonyl (C=O) groups excluding carboxylic acids is 2. The molecule has 0 bridgehead atoms. The molecule has 0 saturated carbocycles. The Morgan fingerprint density at radius 2 is 1.65 bits per heavy atom. The number of aryl methyl sites for hydroxylation is 1. The number of nitrogens with one attached hydrogen (secondary N) is 2. The molecule has 188 valence electrons. The van der Waals surface area contributed by atoms with E-state index in [2.05, 4.69) is 10.3 Å². The van der Waals surface area contributed by atoms with E-state index in [0.717, 1.165) is 27.6 Å². The van der Waals surface area contributed by atoms with Crippen LogP contribution in [0.25, 0.3) is 10.9 Å². The minimum Gasteiger partial charge on any atom is -0.481 e. The molecular weight excluding hydrogens is 466 g/mol. The monoisotopic (exact) mass is 495 g/mol. The van der Waals surface area contributed by atoms with Crippen LogP contribution in [-0.2, 0) is 29.0 Å². The highest BCUT2D eigenvalue weighted by atomic mass is 16.4. The van der Waals surface area contributed by atoms with Gasteiger partial charge in [0.05, 0.1) is 6.42 Å². The lowest BCUT2D eigenvalue weighted by Crippen LogP contribution is -2.54. The molecule has 1 aromatic heterocycles. The van der Waals surface area contributed by atoms with E-state index in [0.29, 0.717) is 31.5 Å². The zero-order chi connectivity index (χ0) is 25.8. The third kappa shape index (κ3) is 5.56. The van der Waals surface area contributed by atoms with Crippen LogP contribution in [0.5, 0.6) is 0 Å². The minimum absolute atomic E-state index is 0.151. The van der Waals surface area contributed by atoms with Gasteiger partial charge in [0.2, 0.25) is 5.91 Å². The summed E-state index contributed by atoms with van der Waals surface area (Å²) in [6, 6.07) is 25.7. The summed E-state index contributed by atoms with van der Waals surface area (Å²) in [5, 5.41) is 13.4. The highest BCUT2D eigenvalue weighted by molar-refractivity contribution is 6.00. The third-order valence-corrected chi connectivity index (χ3v) is 6.99. The number of aromatic amines is 1. The molecular formula is C30H29N3O4. The summed E-state index contributed by atoms with van der Waals surface area (Å²) in [4.78, 5) is 43.7. The maximum atomic E-state index is 14.0. The fourth-order valence-electron chi connectivity index (χ4n) is 5.07. The van der Waals surface area contributed by atoms with Crippen molar-refractivity contribution in [2.45, 2.75) is 44.3 Å². The highest BCUT2D eigenvalue weighted by Gasteiger charge is 2.35. The zero-order valence-corrected chi connectivity index (χ0v) is 20.4. The van der Waals surface area contributed by atoms with E-state index in [1.807, 2.05) is 78.9 Å². The lowest BCUT2D eigenvalue weighted by molar-refractivity contribution is -0.142. The molecule has 37 heavy (non-hydrogen) atoms. The molecule has 0 radical (unpaired) electrons. The summed E-state index contributed by atoms with van der Waals surface area (Å²) in [5.41, 5.74) is 4.34. The van der Waals surface area contributed by atoms with Crippen molar-refractivity contribution in [1.29, 1.82) is 0 Å². The predicted octanol–water partition coefficient (Wildman–Crippen LogP) is 4.33. The number of amides is 2. The molecule has 2 heterocycles. The van der Waals surface area contributed by atoms with E-state index in [-0.39, 0.29) is 18.2 Å². The number of carbonyl (C=O) groups is 3. The van der Waals surface area contributed by atoms with Gasteiger partial charge < -0.3 is 20.3 Å². The molecule has 5 rings (SSSR count). The van der Waals surface area contributed by atoms with Gasteiger partial charge in [-0.1, -0.05) is 72.8 Å². The summed E-state index contributed by atoms with van der Waals surface area (Å²) >= 11 is 0. The van der Waals surface area contributed by atoms with Crippen molar-refractivity contribution in [2.75, 3.05) is 0 Å². The molecule has 3 N–H and O–H groups in total. The first-order valence-corrected chi connectivity index (χ1v) is 12.5.